The molecular formula is C55H35N3O3. The van der Waals surface area contributed by atoms with E-state index in [0.717, 1.165) is 94.7 Å². The number of rotatable bonds is 8. The number of hydrogen-bond acceptors (Lipinski definition) is 6. The van der Waals surface area contributed by atoms with Crippen LogP contribution in [0.2, 0.25) is 0 Å². The molecule has 3 aromatic heterocycles. The number of aromatic nitrogens is 1. The number of oxazole rings is 1. The van der Waals surface area contributed by atoms with Gasteiger partial charge in [0.1, 0.15) is 27.8 Å². The molecule has 0 unspecified atom stereocenters. The molecule has 0 bridgehead atoms. The summed E-state index contributed by atoms with van der Waals surface area (Å²) in [5, 5.41) is 4.24. The molecule has 9 aromatic carbocycles. The molecule has 0 radical (unpaired) electrons. The monoisotopic (exact) mass is 785 g/mol. The number of anilines is 6. The summed E-state index contributed by atoms with van der Waals surface area (Å²) in [5.41, 5.74) is 13.5. The van der Waals surface area contributed by atoms with E-state index in [1.807, 2.05) is 54.6 Å². The average Bonchev–Trinajstić information content (AvgIpc) is 4.04. The van der Waals surface area contributed by atoms with Crippen LogP contribution < -0.4 is 9.80 Å². The van der Waals surface area contributed by atoms with E-state index >= 15 is 0 Å². The van der Waals surface area contributed by atoms with E-state index in [1.54, 1.807) is 0 Å². The molecule has 0 aliphatic heterocycles. The second kappa shape index (κ2) is 14.2. The van der Waals surface area contributed by atoms with Crippen molar-refractivity contribution >= 4 is 89.1 Å². The fourth-order valence-electron chi connectivity index (χ4n) is 8.59. The molecule has 0 N–H and O–H groups in total. The summed E-state index contributed by atoms with van der Waals surface area (Å²) >= 11 is 0. The lowest BCUT2D eigenvalue weighted by Crippen LogP contribution is -2.13. The van der Waals surface area contributed by atoms with Crippen LogP contribution in [0.1, 0.15) is 0 Å². The van der Waals surface area contributed by atoms with Crippen molar-refractivity contribution in [2.24, 2.45) is 0 Å². The van der Waals surface area contributed by atoms with Crippen molar-refractivity contribution in [2.45, 2.75) is 0 Å². The van der Waals surface area contributed by atoms with Gasteiger partial charge >= 0.3 is 0 Å². The summed E-state index contributed by atoms with van der Waals surface area (Å²) in [6.07, 6.45) is 0. The predicted octanol–water partition coefficient (Wildman–Crippen LogP) is 15.9. The van der Waals surface area contributed by atoms with Crippen molar-refractivity contribution in [3.63, 3.8) is 0 Å². The van der Waals surface area contributed by atoms with Gasteiger partial charge in [0.2, 0.25) is 5.89 Å². The minimum absolute atomic E-state index is 0.501. The lowest BCUT2D eigenvalue weighted by atomic mass is 10.0. The Labute approximate surface area is 350 Å². The van der Waals surface area contributed by atoms with Crippen LogP contribution in [0, 0.1) is 0 Å². The topological polar surface area (TPSA) is 58.8 Å². The first-order chi connectivity index (χ1) is 30.2. The summed E-state index contributed by atoms with van der Waals surface area (Å²) in [7, 11) is 0. The van der Waals surface area contributed by atoms with Crippen LogP contribution >= 0.6 is 0 Å². The Kier molecular flexibility index (Phi) is 8.06. The Bertz CT molecular complexity index is 3540. The Morgan fingerprint density at radius 2 is 0.836 bits per heavy atom. The lowest BCUT2D eigenvalue weighted by molar-refractivity contribution is 0.619. The fraction of sp³-hybridized carbons (Fsp3) is 0. The predicted molar refractivity (Wildman–Crippen MR) is 249 cm³/mol. The molecule has 0 aliphatic rings. The van der Waals surface area contributed by atoms with Gasteiger partial charge in [0.05, 0.1) is 11.4 Å². The molecule has 0 fully saturated rings. The highest BCUT2D eigenvalue weighted by atomic mass is 16.4. The van der Waals surface area contributed by atoms with Crippen molar-refractivity contribution in [3.8, 4) is 22.6 Å². The maximum atomic E-state index is 6.94. The maximum Gasteiger partial charge on any atom is 0.227 e. The van der Waals surface area contributed by atoms with Crippen LogP contribution in [0.5, 0.6) is 0 Å². The van der Waals surface area contributed by atoms with Gasteiger partial charge < -0.3 is 23.1 Å². The molecule has 6 nitrogen and oxygen atoms in total. The smallest absolute Gasteiger partial charge is 0.227 e. The maximum absolute atomic E-state index is 6.94. The molecule has 0 saturated carbocycles. The fourth-order valence-corrected chi connectivity index (χ4v) is 8.59. The third kappa shape index (κ3) is 6.00. The van der Waals surface area contributed by atoms with Gasteiger partial charge in [-0.2, -0.15) is 0 Å². The Hall–Kier alpha value is -8.35. The Balaban J connectivity index is 1.10. The summed E-state index contributed by atoms with van der Waals surface area (Å²) < 4.78 is 19.5. The van der Waals surface area contributed by atoms with Gasteiger partial charge in [-0.15, -0.1) is 0 Å². The van der Waals surface area contributed by atoms with Crippen molar-refractivity contribution in [3.05, 3.63) is 212 Å². The van der Waals surface area contributed by atoms with E-state index in [9.17, 15) is 0 Å². The second-order valence-electron chi connectivity index (χ2n) is 15.2. The number of hydrogen-bond donors (Lipinski definition) is 0. The number of nitrogens with zero attached hydrogens (tertiary/aromatic N) is 3. The van der Waals surface area contributed by atoms with Gasteiger partial charge in [0.15, 0.2) is 5.58 Å². The Morgan fingerprint density at radius 1 is 0.311 bits per heavy atom. The molecule has 12 aromatic rings. The molecule has 0 atom stereocenters. The summed E-state index contributed by atoms with van der Waals surface area (Å²) in [4.78, 5) is 9.80. The van der Waals surface area contributed by atoms with Crippen LogP contribution in [-0.4, -0.2) is 4.98 Å². The van der Waals surface area contributed by atoms with Crippen LogP contribution in [0.3, 0.4) is 0 Å². The molecule has 0 spiro atoms. The standard InChI is InChI=1S/C55H35N3O3/c1-4-14-36(15-5-1)37-24-27-41(28-25-37)58(40-18-8-3-9-19-40)49-35-43(34-48-54(49)61-55(56-48)38-26-30-46-44-20-10-12-22-50(44)60-53(46)32-38)57(39-16-6-2-7-17-39)42-29-31-52-47(33-42)45-21-11-13-23-51(45)59-52/h1-35H. The van der Waals surface area contributed by atoms with E-state index < -0.39 is 0 Å². The Morgan fingerprint density at radius 3 is 1.56 bits per heavy atom. The molecule has 0 amide bonds. The van der Waals surface area contributed by atoms with Gasteiger partial charge in [-0.05, 0) is 108 Å². The SMILES string of the molecule is c1ccc(-c2ccc(N(c3ccccc3)c3cc(N(c4ccccc4)c4ccc5oc6ccccc6c5c4)cc4nc(-c5ccc6c(c5)oc5ccccc56)oc34)cc2)cc1. The molecular weight excluding hydrogens is 751 g/mol. The highest BCUT2D eigenvalue weighted by Gasteiger charge is 2.25. The molecule has 61 heavy (non-hydrogen) atoms. The number of benzene rings is 9. The minimum Gasteiger partial charge on any atom is -0.456 e. The van der Waals surface area contributed by atoms with Crippen LogP contribution in [0.15, 0.2) is 226 Å². The summed E-state index contributed by atoms with van der Waals surface area (Å²) in [6.45, 7) is 0. The molecule has 3 heterocycles. The third-order valence-electron chi connectivity index (χ3n) is 11.5. The molecule has 0 saturated heterocycles. The van der Waals surface area contributed by atoms with E-state index in [2.05, 4.69) is 168 Å². The van der Waals surface area contributed by atoms with Crippen molar-refractivity contribution < 1.29 is 13.3 Å². The molecule has 6 heteroatoms. The van der Waals surface area contributed by atoms with E-state index in [1.165, 1.54) is 0 Å². The van der Waals surface area contributed by atoms with Gasteiger partial charge in [0, 0.05) is 49.9 Å². The number of fused-ring (bicyclic) bond motifs is 7. The van der Waals surface area contributed by atoms with Gasteiger partial charge in [-0.25, -0.2) is 4.98 Å². The van der Waals surface area contributed by atoms with Gasteiger partial charge in [-0.1, -0.05) is 115 Å². The first kappa shape index (κ1) is 34.7. The average molecular weight is 786 g/mol. The van der Waals surface area contributed by atoms with Crippen molar-refractivity contribution in [1.82, 2.24) is 4.98 Å². The summed E-state index contributed by atoms with van der Waals surface area (Å²) in [5.74, 6) is 0.501. The van der Waals surface area contributed by atoms with Crippen LogP contribution in [0.25, 0.3) is 77.6 Å². The highest BCUT2D eigenvalue weighted by molar-refractivity contribution is 6.08. The normalized spacial score (nSPS) is 11.6. The lowest BCUT2D eigenvalue weighted by Gasteiger charge is -2.29. The van der Waals surface area contributed by atoms with Gasteiger partial charge in [0.25, 0.3) is 0 Å². The van der Waals surface area contributed by atoms with Crippen molar-refractivity contribution in [2.75, 3.05) is 9.80 Å². The second-order valence-corrected chi connectivity index (χ2v) is 15.2. The quantitative estimate of drug-likeness (QED) is 0.153. The molecule has 288 valence electrons. The number of furan rings is 2. The largest absolute Gasteiger partial charge is 0.456 e. The summed E-state index contributed by atoms with van der Waals surface area (Å²) in [6, 6.07) is 73.3. The molecule has 12 rings (SSSR count). The van der Waals surface area contributed by atoms with Crippen molar-refractivity contribution in [1.29, 1.82) is 0 Å². The zero-order chi connectivity index (χ0) is 40.3. The highest BCUT2D eigenvalue weighted by Crippen LogP contribution is 2.47. The first-order valence-corrected chi connectivity index (χ1v) is 20.4. The van der Waals surface area contributed by atoms with E-state index in [-0.39, 0.29) is 0 Å². The van der Waals surface area contributed by atoms with E-state index in [0.29, 0.717) is 17.0 Å². The van der Waals surface area contributed by atoms with Crippen LogP contribution in [0.4, 0.5) is 34.1 Å². The minimum atomic E-state index is 0.501. The van der Waals surface area contributed by atoms with E-state index in [4.69, 9.17) is 18.2 Å². The third-order valence-corrected chi connectivity index (χ3v) is 11.5. The van der Waals surface area contributed by atoms with Gasteiger partial charge in [-0.3, -0.25) is 0 Å². The zero-order valence-electron chi connectivity index (χ0n) is 32.8. The molecule has 0 aliphatic carbocycles. The van der Waals surface area contributed by atoms with Crippen LogP contribution in [-0.2, 0) is 0 Å². The first-order valence-electron chi connectivity index (χ1n) is 20.4. The zero-order valence-corrected chi connectivity index (χ0v) is 32.8. The number of para-hydroxylation sites is 4.